The van der Waals surface area contributed by atoms with Crippen molar-refractivity contribution in [3.63, 3.8) is 0 Å². The average molecular weight is 529 g/mol. The molecule has 0 spiro atoms. The van der Waals surface area contributed by atoms with Gasteiger partial charge in [-0.2, -0.15) is 0 Å². The normalized spacial score (nSPS) is 11.9. The van der Waals surface area contributed by atoms with Crippen LogP contribution in [0.2, 0.25) is 0 Å². The summed E-state index contributed by atoms with van der Waals surface area (Å²) < 4.78 is 6.81. The number of rotatable bonds is 9. The van der Waals surface area contributed by atoms with Gasteiger partial charge in [-0.05, 0) is 63.9 Å². The zero-order valence-corrected chi connectivity index (χ0v) is 22.8. The van der Waals surface area contributed by atoms with Crippen molar-refractivity contribution < 1.29 is 14.5 Å². The molecule has 39 heavy (non-hydrogen) atoms. The third-order valence-electron chi connectivity index (χ3n) is 6.90. The first-order valence-corrected chi connectivity index (χ1v) is 12.8. The fourth-order valence-electron chi connectivity index (χ4n) is 4.81. The summed E-state index contributed by atoms with van der Waals surface area (Å²) in [5.41, 5.74) is 3.47. The Morgan fingerprint density at radius 3 is 2.51 bits per heavy atom. The Balaban J connectivity index is 1.91. The topological polar surface area (TPSA) is 108 Å². The summed E-state index contributed by atoms with van der Waals surface area (Å²) in [5, 5.41) is 12.0. The van der Waals surface area contributed by atoms with Crippen LogP contribution in [0.1, 0.15) is 52.3 Å². The van der Waals surface area contributed by atoms with Crippen LogP contribution >= 0.6 is 0 Å². The van der Waals surface area contributed by atoms with Crippen molar-refractivity contribution in [2.24, 2.45) is 0 Å². The first-order valence-electron chi connectivity index (χ1n) is 12.8. The van der Waals surface area contributed by atoms with E-state index < -0.39 is 16.9 Å². The van der Waals surface area contributed by atoms with Crippen molar-refractivity contribution in [2.75, 3.05) is 20.3 Å². The van der Waals surface area contributed by atoms with Crippen LogP contribution in [0.25, 0.3) is 16.6 Å². The van der Waals surface area contributed by atoms with Gasteiger partial charge in [0.2, 0.25) is 0 Å². The summed E-state index contributed by atoms with van der Waals surface area (Å²) in [7, 11) is 1.58. The summed E-state index contributed by atoms with van der Waals surface area (Å²) >= 11 is 0. The van der Waals surface area contributed by atoms with Gasteiger partial charge in [0.05, 0.1) is 27.6 Å². The lowest BCUT2D eigenvalue weighted by molar-refractivity contribution is -0.385. The number of carbonyl (C=O) groups excluding carboxylic acids is 1. The standard InChI is InChI=1S/C30H32N4O5/c1-19-11-14-26(21(3)17-19)33-28(31-25-10-7-6-9-24(25)30(33)36)22(4)32(15-8-16-39-5)29(35)23-13-12-20(2)27(18-23)34(37)38/h6-7,9-14,17-18,22H,8,15-16H2,1-5H3. The van der Waals surface area contributed by atoms with Crippen LogP contribution in [0.3, 0.4) is 0 Å². The van der Waals surface area contributed by atoms with E-state index >= 15 is 0 Å². The monoisotopic (exact) mass is 528 g/mol. The zero-order valence-electron chi connectivity index (χ0n) is 22.8. The zero-order chi connectivity index (χ0) is 28.3. The van der Waals surface area contributed by atoms with Crippen LogP contribution < -0.4 is 5.56 Å². The fourth-order valence-corrected chi connectivity index (χ4v) is 4.81. The molecule has 0 radical (unpaired) electrons. The molecule has 1 unspecified atom stereocenters. The molecule has 0 aliphatic carbocycles. The Hall–Kier alpha value is -4.37. The van der Waals surface area contributed by atoms with Gasteiger partial charge in [-0.15, -0.1) is 0 Å². The number of aromatic nitrogens is 2. The molecule has 0 aliphatic rings. The molecule has 202 valence electrons. The van der Waals surface area contributed by atoms with Crippen molar-refractivity contribution in [1.82, 2.24) is 14.5 Å². The van der Waals surface area contributed by atoms with E-state index in [1.165, 1.54) is 6.07 Å². The SMILES string of the molecule is COCCCN(C(=O)c1ccc(C)c([N+](=O)[O-])c1)C(C)c1nc2ccccc2c(=O)n1-c1ccc(C)cc1C. The molecule has 0 aliphatic heterocycles. The third-order valence-corrected chi connectivity index (χ3v) is 6.90. The van der Waals surface area contributed by atoms with E-state index in [-0.39, 0.29) is 16.8 Å². The van der Waals surface area contributed by atoms with Crippen molar-refractivity contribution >= 4 is 22.5 Å². The minimum Gasteiger partial charge on any atom is -0.385 e. The van der Waals surface area contributed by atoms with Gasteiger partial charge in [0.25, 0.3) is 17.2 Å². The minimum absolute atomic E-state index is 0.124. The second kappa shape index (κ2) is 11.6. The van der Waals surface area contributed by atoms with E-state index in [9.17, 15) is 19.7 Å². The first-order chi connectivity index (χ1) is 18.6. The van der Waals surface area contributed by atoms with Crippen molar-refractivity contribution in [2.45, 2.75) is 40.2 Å². The van der Waals surface area contributed by atoms with E-state index in [4.69, 9.17) is 9.72 Å². The lowest BCUT2D eigenvalue weighted by Gasteiger charge is -2.31. The van der Waals surface area contributed by atoms with Gasteiger partial charge in [0, 0.05) is 37.5 Å². The molecular formula is C30H32N4O5. The van der Waals surface area contributed by atoms with E-state index in [1.54, 1.807) is 53.8 Å². The number of carbonyl (C=O) groups is 1. The second-order valence-corrected chi connectivity index (χ2v) is 9.70. The number of benzene rings is 3. The Morgan fingerprint density at radius 2 is 1.82 bits per heavy atom. The van der Waals surface area contributed by atoms with Crippen LogP contribution in [-0.4, -0.2) is 45.5 Å². The molecule has 4 rings (SSSR count). The molecule has 0 saturated carbocycles. The van der Waals surface area contributed by atoms with Crippen LogP contribution in [0.4, 0.5) is 5.69 Å². The number of ether oxygens (including phenoxy) is 1. The number of nitro groups is 1. The number of amides is 1. The largest absolute Gasteiger partial charge is 0.385 e. The van der Waals surface area contributed by atoms with Crippen LogP contribution in [0, 0.1) is 30.9 Å². The Morgan fingerprint density at radius 1 is 1.08 bits per heavy atom. The van der Waals surface area contributed by atoms with Gasteiger partial charge >= 0.3 is 0 Å². The van der Waals surface area contributed by atoms with E-state index in [0.29, 0.717) is 47.6 Å². The molecule has 1 amide bonds. The Labute approximate surface area is 226 Å². The molecule has 9 nitrogen and oxygen atoms in total. The van der Waals surface area contributed by atoms with E-state index in [2.05, 4.69) is 0 Å². The average Bonchev–Trinajstić information content (AvgIpc) is 2.91. The highest BCUT2D eigenvalue weighted by Crippen LogP contribution is 2.28. The molecule has 1 atom stereocenters. The molecule has 1 heterocycles. The maximum absolute atomic E-state index is 13.9. The quantitative estimate of drug-likeness (QED) is 0.162. The molecule has 0 fully saturated rings. The van der Waals surface area contributed by atoms with Crippen LogP contribution in [-0.2, 0) is 4.74 Å². The number of nitrogens with zero attached hydrogens (tertiary/aromatic N) is 4. The van der Waals surface area contributed by atoms with Crippen molar-refractivity contribution in [3.05, 3.63) is 109 Å². The molecule has 0 saturated heterocycles. The highest BCUT2D eigenvalue weighted by atomic mass is 16.6. The van der Waals surface area contributed by atoms with Crippen LogP contribution in [0.5, 0.6) is 0 Å². The Bertz CT molecular complexity index is 1610. The molecule has 0 N–H and O–H groups in total. The smallest absolute Gasteiger partial charge is 0.273 e. The molecule has 9 heteroatoms. The summed E-state index contributed by atoms with van der Waals surface area (Å²) in [6, 6.07) is 16.8. The van der Waals surface area contributed by atoms with E-state index in [0.717, 1.165) is 11.1 Å². The minimum atomic E-state index is -0.646. The molecular weight excluding hydrogens is 496 g/mol. The third kappa shape index (κ3) is 5.58. The molecule has 0 bridgehead atoms. The highest BCUT2D eigenvalue weighted by Gasteiger charge is 2.29. The lowest BCUT2D eigenvalue weighted by Crippen LogP contribution is -2.38. The van der Waals surface area contributed by atoms with Gasteiger partial charge in [-0.25, -0.2) is 4.98 Å². The molecule has 1 aromatic heterocycles. The summed E-state index contributed by atoms with van der Waals surface area (Å²) in [5.74, 6) is 0.00863. The van der Waals surface area contributed by atoms with Gasteiger partial charge < -0.3 is 9.64 Å². The number of nitro benzene ring substituents is 1. The fraction of sp³-hybridized carbons (Fsp3) is 0.300. The van der Waals surface area contributed by atoms with Gasteiger partial charge in [0.1, 0.15) is 5.82 Å². The first kappa shape index (κ1) is 27.7. The summed E-state index contributed by atoms with van der Waals surface area (Å²) in [6.07, 6.45) is 0.530. The number of methoxy groups -OCH3 is 1. The number of hydrogen-bond acceptors (Lipinski definition) is 6. The van der Waals surface area contributed by atoms with Gasteiger partial charge in [-0.1, -0.05) is 35.9 Å². The predicted octanol–water partition coefficient (Wildman–Crippen LogP) is 5.46. The maximum Gasteiger partial charge on any atom is 0.273 e. The number of fused-ring (bicyclic) bond motifs is 1. The Kier molecular flexibility index (Phi) is 8.21. The number of aryl methyl sites for hydroxylation is 3. The predicted molar refractivity (Wildman–Crippen MR) is 151 cm³/mol. The highest BCUT2D eigenvalue weighted by molar-refractivity contribution is 5.95. The van der Waals surface area contributed by atoms with E-state index in [1.807, 2.05) is 45.0 Å². The van der Waals surface area contributed by atoms with Gasteiger partial charge in [-0.3, -0.25) is 24.3 Å². The van der Waals surface area contributed by atoms with Crippen LogP contribution in [0.15, 0.2) is 65.5 Å². The van der Waals surface area contributed by atoms with Gasteiger partial charge in [0.15, 0.2) is 0 Å². The van der Waals surface area contributed by atoms with Crippen molar-refractivity contribution in [3.8, 4) is 5.69 Å². The maximum atomic E-state index is 13.9. The second-order valence-electron chi connectivity index (χ2n) is 9.70. The molecule has 3 aromatic carbocycles. The summed E-state index contributed by atoms with van der Waals surface area (Å²) in [4.78, 5) is 45.4. The van der Waals surface area contributed by atoms with Crippen molar-refractivity contribution in [1.29, 1.82) is 0 Å². The number of hydrogen-bond donors (Lipinski definition) is 0. The number of para-hydroxylation sites is 1. The molecule has 4 aromatic rings. The summed E-state index contributed by atoms with van der Waals surface area (Å²) in [6.45, 7) is 8.09. The lowest BCUT2D eigenvalue weighted by atomic mass is 10.1.